The lowest BCUT2D eigenvalue weighted by Crippen LogP contribution is -2.18. The molecule has 0 saturated heterocycles. The monoisotopic (exact) mass is 258 g/mol. The minimum absolute atomic E-state index is 0.429. The maximum atomic E-state index is 2.47. The molecule has 1 aromatic rings. The van der Waals surface area contributed by atoms with Crippen LogP contribution in [0.15, 0.2) is 18.2 Å². The molecule has 0 heteroatoms. The molecular weight excluding hydrogens is 228 g/mol. The number of aryl methyl sites for hydroxylation is 2. The van der Waals surface area contributed by atoms with E-state index in [4.69, 9.17) is 0 Å². The summed E-state index contributed by atoms with van der Waals surface area (Å²) in [6.45, 7) is 14.4. The molecule has 0 amide bonds. The first-order chi connectivity index (χ1) is 8.80. The minimum atomic E-state index is 0.429. The summed E-state index contributed by atoms with van der Waals surface area (Å²) in [6.07, 6.45) is 5.00. The smallest absolute Gasteiger partial charge is 0.00999 e. The molecule has 0 radical (unpaired) electrons. The molecule has 0 N–H and O–H groups in total. The van der Waals surface area contributed by atoms with Gasteiger partial charge in [-0.1, -0.05) is 59.7 Å². The van der Waals surface area contributed by atoms with Crippen LogP contribution in [-0.4, -0.2) is 0 Å². The highest BCUT2D eigenvalue weighted by molar-refractivity contribution is 5.40. The summed E-state index contributed by atoms with van der Waals surface area (Å²) in [5.74, 6) is 0.730. The summed E-state index contributed by atoms with van der Waals surface area (Å²) in [6, 6.07) is 6.93. The van der Waals surface area contributed by atoms with Gasteiger partial charge in [-0.15, -0.1) is 0 Å². The first-order valence-corrected chi connectivity index (χ1v) is 7.91. The third kappa shape index (κ3) is 2.73. The maximum absolute atomic E-state index is 2.47. The quantitative estimate of drug-likeness (QED) is 0.648. The highest BCUT2D eigenvalue weighted by atomic mass is 14.5. The van der Waals surface area contributed by atoms with Gasteiger partial charge in [-0.3, -0.25) is 0 Å². The molecule has 0 aliphatic heterocycles. The Hall–Kier alpha value is -0.780. The van der Waals surface area contributed by atoms with Crippen LogP contribution in [0.1, 0.15) is 77.0 Å². The zero-order valence-electron chi connectivity index (χ0n) is 13.6. The van der Waals surface area contributed by atoms with Gasteiger partial charge in [0.2, 0.25) is 0 Å². The third-order valence-corrected chi connectivity index (χ3v) is 5.03. The number of hydrogen-bond acceptors (Lipinski definition) is 0. The molecule has 0 heterocycles. The van der Waals surface area contributed by atoms with Gasteiger partial charge in [0.25, 0.3) is 0 Å². The van der Waals surface area contributed by atoms with Gasteiger partial charge in [0.1, 0.15) is 0 Å². The van der Waals surface area contributed by atoms with Crippen molar-refractivity contribution in [1.29, 1.82) is 0 Å². The lowest BCUT2D eigenvalue weighted by molar-refractivity contribution is 0.292. The van der Waals surface area contributed by atoms with E-state index in [1.807, 2.05) is 0 Å². The molecule has 106 valence electrons. The van der Waals surface area contributed by atoms with Gasteiger partial charge in [0, 0.05) is 0 Å². The Balaban J connectivity index is 2.52. The van der Waals surface area contributed by atoms with Crippen LogP contribution in [0.3, 0.4) is 0 Å². The van der Waals surface area contributed by atoms with E-state index in [1.54, 1.807) is 16.7 Å². The predicted molar refractivity (Wildman–Crippen MR) is 84.7 cm³/mol. The molecule has 2 rings (SSSR count). The first-order valence-electron chi connectivity index (χ1n) is 7.91. The van der Waals surface area contributed by atoms with Crippen LogP contribution in [0.4, 0.5) is 0 Å². The van der Waals surface area contributed by atoms with Crippen molar-refractivity contribution >= 4 is 0 Å². The summed E-state index contributed by atoms with van der Waals surface area (Å²) in [5, 5.41) is 0. The molecule has 1 aliphatic rings. The maximum Gasteiger partial charge on any atom is -0.00999 e. The summed E-state index contributed by atoms with van der Waals surface area (Å²) < 4.78 is 0. The van der Waals surface area contributed by atoms with Gasteiger partial charge in [0.15, 0.2) is 0 Å². The summed E-state index contributed by atoms with van der Waals surface area (Å²) in [7, 11) is 0. The van der Waals surface area contributed by atoms with E-state index >= 15 is 0 Å². The van der Waals surface area contributed by atoms with E-state index in [2.05, 4.69) is 59.7 Å². The van der Waals surface area contributed by atoms with Crippen molar-refractivity contribution < 1.29 is 0 Å². The molecule has 1 unspecified atom stereocenters. The highest BCUT2D eigenvalue weighted by Crippen LogP contribution is 2.58. The number of benzene rings is 1. The second-order valence-electron chi connectivity index (χ2n) is 7.78. The molecule has 1 saturated carbocycles. The lowest BCUT2D eigenvalue weighted by Gasteiger charge is -2.31. The Kier molecular flexibility index (Phi) is 3.82. The summed E-state index contributed by atoms with van der Waals surface area (Å²) >= 11 is 0. The Bertz CT molecular complexity index is 429. The van der Waals surface area contributed by atoms with Crippen molar-refractivity contribution in [3.05, 3.63) is 34.9 Å². The van der Waals surface area contributed by atoms with E-state index < -0.39 is 0 Å². The van der Waals surface area contributed by atoms with E-state index in [-0.39, 0.29) is 0 Å². The van der Waals surface area contributed by atoms with Gasteiger partial charge < -0.3 is 0 Å². The molecular formula is C19H30. The van der Waals surface area contributed by atoms with Gasteiger partial charge in [-0.25, -0.2) is 0 Å². The second kappa shape index (κ2) is 4.96. The average molecular weight is 258 g/mol. The SMILES string of the molecule is CCc1cccc(CC)c1C1CC(C)(C)CC1(C)C. The van der Waals surface area contributed by atoms with Gasteiger partial charge in [0.05, 0.1) is 0 Å². The highest BCUT2D eigenvalue weighted by Gasteiger charge is 2.46. The van der Waals surface area contributed by atoms with E-state index in [1.165, 1.54) is 12.8 Å². The zero-order chi connectivity index (χ0) is 14.3. The molecule has 0 nitrogen and oxygen atoms in total. The fourth-order valence-corrected chi connectivity index (χ4v) is 4.48. The Morgan fingerprint density at radius 2 is 1.53 bits per heavy atom. The molecule has 1 aliphatic carbocycles. The Labute approximate surface area is 119 Å². The molecule has 1 aromatic carbocycles. The summed E-state index contributed by atoms with van der Waals surface area (Å²) in [4.78, 5) is 0. The van der Waals surface area contributed by atoms with Crippen molar-refractivity contribution in [2.45, 2.75) is 73.1 Å². The van der Waals surface area contributed by atoms with Crippen molar-refractivity contribution in [1.82, 2.24) is 0 Å². The van der Waals surface area contributed by atoms with Crippen LogP contribution < -0.4 is 0 Å². The van der Waals surface area contributed by atoms with Crippen LogP contribution in [0.25, 0.3) is 0 Å². The van der Waals surface area contributed by atoms with E-state index in [0.717, 1.165) is 18.8 Å². The van der Waals surface area contributed by atoms with Crippen LogP contribution in [0.5, 0.6) is 0 Å². The first kappa shape index (κ1) is 14.6. The Morgan fingerprint density at radius 3 is 1.89 bits per heavy atom. The molecule has 1 fully saturated rings. The number of hydrogen-bond donors (Lipinski definition) is 0. The van der Waals surface area contributed by atoms with Crippen LogP contribution in [-0.2, 0) is 12.8 Å². The second-order valence-corrected chi connectivity index (χ2v) is 7.78. The normalized spacial score (nSPS) is 24.6. The van der Waals surface area contributed by atoms with Gasteiger partial charge in [-0.2, -0.15) is 0 Å². The molecule has 1 atom stereocenters. The average Bonchev–Trinajstić information content (AvgIpc) is 2.55. The minimum Gasteiger partial charge on any atom is -0.0617 e. The Morgan fingerprint density at radius 1 is 1.00 bits per heavy atom. The van der Waals surface area contributed by atoms with E-state index in [0.29, 0.717) is 10.8 Å². The van der Waals surface area contributed by atoms with Crippen molar-refractivity contribution in [3.63, 3.8) is 0 Å². The molecule has 0 bridgehead atoms. The molecule has 19 heavy (non-hydrogen) atoms. The van der Waals surface area contributed by atoms with Crippen molar-refractivity contribution in [3.8, 4) is 0 Å². The lowest BCUT2D eigenvalue weighted by atomic mass is 9.74. The predicted octanol–water partition coefficient (Wildman–Crippen LogP) is 5.74. The van der Waals surface area contributed by atoms with Gasteiger partial charge >= 0.3 is 0 Å². The standard InChI is InChI=1S/C19H30/c1-7-14-10-9-11-15(8-2)17(14)16-12-18(3,4)13-19(16,5)6/h9-11,16H,7-8,12-13H2,1-6H3. The van der Waals surface area contributed by atoms with Crippen molar-refractivity contribution in [2.24, 2.45) is 10.8 Å². The molecule has 0 spiro atoms. The third-order valence-electron chi connectivity index (χ3n) is 5.03. The summed E-state index contributed by atoms with van der Waals surface area (Å²) in [5.41, 5.74) is 5.76. The fraction of sp³-hybridized carbons (Fsp3) is 0.684. The fourth-order valence-electron chi connectivity index (χ4n) is 4.48. The zero-order valence-corrected chi connectivity index (χ0v) is 13.6. The molecule has 0 aromatic heterocycles. The van der Waals surface area contributed by atoms with Crippen LogP contribution in [0.2, 0.25) is 0 Å². The van der Waals surface area contributed by atoms with Crippen molar-refractivity contribution in [2.75, 3.05) is 0 Å². The number of rotatable bonds is 3. The van der Waals surface area contributed by atoms with Crippen LogP contribution >= 0.6 is 0 Å². The van der Waals surface area contributed by atoms with Crippen LogP contribution in [0, 0.1) is 10.8 Å². The topological polar surface area (TPSA) is 0 Å². The largest absolute Gasteiger partial charge is 0.0617 e. The van der Waals surface area contributed by atoms with Gasteiger partial charge in [-0.05, 0) is 59.1 Å². The van der Waals surface area contributed by atoms with E-state index in [9.17, 15) is 0 Å².